The molecule has 0 bridgehead atoms. The van der Waals surface area contributed by atoms with Crippen LogP contribution in [0.4, 0.5) is 0 Å². The second-order valence-electron chi connectivity index (χ2n) is 5.23. The number of unbranched alkanes of at least 4 members (excludes halogenated alkanes) is 1. The number of benzene rings is 2. The number of hydrogen-bond donors (Lipinski definition) is 1. The Hall–Kier alpha value is -1.72. The lowest BCUT2D eigenvalue weighted by Gasteiger charge is -2.01. The van der Waals surface area contributed by atoms with Crippen molar-refractivity contribution in [3.8, 4) is 0 Å². The van der Waals surface area contributed by atoms with Crippen LogP contribution < -0.4 is 5.73 Å². The van der Waals surface area contributed by atoms with Gasteiger partial charge in [0.1, 0.15) is 0 Å². The van der Waals surface area contributed by atoms with Crippen LogP contribution in [0.25, 0.3) is 0 Å². The first-order chi connectivity index (χ1) is 11.8. The van der Waals surface area contributed by atoms with Gasteiger partial charge in [-0.2, -0.15) is 5.10 Å². The Morgan fingerprint density at radius 2 is 1.96 bits per heavy atom. The topological polar surface area (TPSA) is 50.7 Å². The van der Waals surface area contributed by atoms with Crippen LogP contribution in [0.1, 0.15) is 30.9 Å². The molecule has 2 aromatic rings. The summed E-state index contributed by atoms with van der Waals surface area (Å²) in [6.45, 7) is 2.21. The maximum absolute atomic E-state index is 5.89. The minimum atomic E-state index is 0.476. The van der Waals surface area contributed by atoms with Crippen molar-refractivity contribution >= 4 is 34.9 Å². The van der Waals surface area contributed by atoms with Crippen LogP contribution in [0.15, 0.2) is 69.7 Å². The van der Waals surface area contributed by atoms with Gasteiger partial charge in [-0.25, -0.2) is 0 Å². The SMILES string of the molecule is CCCCSc1cccc(C=NN=C(N)SCc2ccccc2)c1. The minimum Gasteiger partial charge on any atom is -0.377 e. The van der Waals surface area contributed by atoms with E-state index in [1.807, 2.05) is 42.1 Å². The highest BCUT2D eigenvalue weighted by molar-refractivity contribution is 8.13. The molecule has 0 spiro atoms. The van der Waals surface area contributed by atoms with Crippen molar-refractivity contribution in [1.82, 2.24) is 0 Å². The average molecular weight is 358 g/mol. The Bertz CT molecular complexity index is 669. The van der Waals surface area contributed by atoms with E-state index in [9.17, 15) is 0 Å². The summed E-state index contributed by atoms with van der Waals surface area (Å²) >= 11 is 3.37. The first-order valence-electron chi connectivity index (χ1n) is 8.04. The minimum absolute atomic E-state index is 0.476. The standard InChI is InChI=1S/C19H23N3S2/c1-2-3-12-23-18-11-7-10-17(13-18)14-21-22-19(20)24-15-16-8-5-4-6-9-16/h4-11,13-14H,2-3,12,15H2,1H3,(H2,20,22). The third-order valence-electron chi connectivity index (χ3n) is 3.22. The van der Waals surface area contributed by atoms with Gasteiger partial charge < -0.3 is 5.73 Å². The lowest BCUT2D eigenvalue weighted by atomic mass is 10.2. The molecule has 24 heavy (non-hydrogen) atoms. The quantitative estimate of drug-likeness (QED) is 0.233. The second-order valence-corrected chi connectivity index (χ2v) is 7.40. The molecule has 126 valence electrons. The number of nitrogens with zero attached hydrogens (tertiary/aromatic N) is 2. The van der Waals surface area contributed by atoms with E-state index >= 15 is 0 Å². The molecule has 0 aliphatic carbocycles. The van der Waals surface area contributed by atoms with Gasteiger partial charge in [0.15, 0.2) is 5.17 Å². The Balaban J connectivity index is 1.84. The lowest BCUT2D eigenvalue weighted by molar-refractivity contribution is 0.896. The van der Waals surface area contributed by atoms with Gasteiger partial charge in [-0.15, -0.1) is 16.9 Å². The Morgan fingerprint density at radius 1 is 1.12 bits per heavy atom. The van der Waals surface area contributed by atoms with Crippen LogP contribution in [0.2, 0.25) is 0 Å². The van der Waals surface area contributed by atoms with Gasteiger partial charge >= 0.3 is 0 Å². The van der Waals surface area contributed by atoms with E-state index in [-0.39, 0.29) is 0 Å². The van der Waals surface area contributed by atoms with Crippen LogP contribution in [0.3, 0.4) is 0 Å². The van der Waals surface area contributed by atoms with Crippen LogP contribution in [-0.4, -0.2) is 17.1 Å². The predicted octanol–water partition coefficient (Wildman–Crippen LogP) is 5.16. The largest absolute Gasteiger partial charge is 0.377 e. The molecule has 2 rings (SSSR count). The van der Waals surface area contributed by atoms with E-state index in [1.165, 1.54) is 35.1 Å². The smallest absolute Gasteiger partial charge is 0.180 e. The van der Waals surface area contributed by atoms with Crippen molar-refractivity contribution in [2.45, 2.75) is 30.4 Å². The van der Waals surface area contributed by atoms with Gasteiger partial charge in [-0.3, -0.25) is 0 Å². The molecule has 0 aromatic heterocycles. The molecule has 0 unspecified atom stereocenters. The molecular weight excluding hydrogens is 334 g/mol. The van der Waals surface area contributed by atoms with E-state index < -0.39 is 0 Å². The van der Waals surface area contributed by atoms with Crippen molar-refractivity contribution in [3.05, 3.63) is 65.7 Å². The highest BCUT2D eigenvalue weighted by Gasteiger charge is 1.97. The Morgan fingerprint density at radius 3 is 2.75 bits per heavy atom. The van der Waals surface area contributed by atoms with Crippen molar-refractivity contribution in [2.24, 2.45) is 15.9 Å². The fourth-order valence-electron chi connectivity index (χ4n) is 1.93. The van der Waals surface area contributed by atoms with Crippen LogP contribution >= 0.6 is 23.5 Å². The van der Waals surface area contributed by atoms with Gasteiger partial charge in [0.2, 0.25) is 0 Å². The number of rotatable bonds is 8. The zero-order chi connectivity index (χ0) is 17.0. The molecule has 0 amide bonds. The van der Waals surface area contributed by atoms with Crippen LogP contribution in [0, 0.1) is 0 Å². The number of nitrogens with two attached hydrogens (primary N) is 1. The summed E-state index contributed by atoms with van der Waals surface area (Å²) in [7, 11) is 0. The molecule has 0 atom stereocenters. The third kappa shape index (κ3) is 7.23. The number of thioether (sulfide) groups is 2. The molecule has 0 aliphatic heterocycles. The number of hydrogen-bond acceptors (Lipinski definition) is 4. The van der Waals surface area contributed by atoms with Gasteiger partial charge in [0.25, 0.3) is 0 Å². The molecule has 2 N–H and O–H groups in total. The van der Waals surface area contributed by atoms with Gasteiger partial charge in [-0.05, 0) is 35.4 Å². The molecule has 0 heterocycles. The van der Waals surface area contributed by atoms with Crippen molar-refractivity contribution < 1.29 is 0 Å². The van der Waals surface area contributed by atoms with Gasteiger partial charge in [0, 0.05) is 10.6 Å². The van der Waals surface area contributed by atoms with Gasteiger partial charge in [-0.1, -0.05) is 67.6 Å². The summed E-state index contributed by atoms with van der Waals surface area (Å²) in [5.41, 5.74) is 8.16. The van der Waals surface area contributed by atoms with Crippen LogP contribution in [-0.2, 0) is 5.75 Å². The zero-order valence-corrected chi connectivity index (χ0v) is 15.5. The lowest BCUT2D eigenvalue weighted by Crippen LogP contribution is -2.05. The molecule has 0 saturated heterocycles. The average Bonchev–Trinajstić information content (AvgIpc) is 2.61. The first kappa shape index (κ1) is 18.6. The molecule has 0 saturated carbocycles. The van der Waals surface area contributed by atoms with Crippen molar-refractivity contribution in [3.63, 3.8) is 0 Å². The predicted molar refractivity (Wildman–Crippen MR) is 109 cm³/mol. The molecular formula is C19H23N3S2. The first-order valence-corrected chi connectivity index (χ1v) is 10.0. The van der Waals surface area contributed by atoms with E-state index in [4.69, 9.17) is 5.73 Å². The van der Waals surface area contributed by atoms with E-state index in [2.05, 4.69) is 41.4 Å². The third-order valence-corrected chi connectivity index (χ3v) is 5.15. The highest BCUT2D eigenvalue weighted by Crippen LogP contribution is 2.20. The van der Waals surface area contributed by atoms with Crippen molar-refractivity contribution in [2.75, 3.05) is 5.75 Å². The summed E-state index contributed by atoms with van der Waals surface area (Å²) in [4.78, 5) is 1.27. The Kier molecular flexibility index (Phi) is 8.49. The van der Waals surface area contributed by atoms with Gasteiger partial charge in [0.05, 0.1) is 6.21 Å². The highest BCUT2D eigenvalue weighted by atomic mass is 32.2. The summed E-state index contributed by atoms with van der Waals surface area (Å²) in [5.74, 6) is 1.95. The fourth-order valence-corrected chi connectivity index (χ4v) is 3.61. The second kappa shape index (κ2) is 10.9. The summed E-state index contributed by atoms with van der Waals surface area (Å²) in [6, 6.07) is 18.5. The zero-order valence-electron chi connectivity index (χ0n) is 13.9. The van der Waals surface area contributed by atoms with E-state index in [0.29, 0.717) is 5.17 Å². The normalized spacial score (nSPS) is 12.0. The molecule has 3 nitrogen and oxygen atoms in total. The molecule has 2 aromatic carbocycles. The fraction of sp³-hybridized carbons (Fsp3) is 0.263. The Labute approximate surface area is 152 Å². The number of amidine groups is 1. The molecule has 0 aliphatic rings. The van der Waals surface area contributed by atoms with Crippen LogP contribution in [0.5, 0.6) is 0 Å². The summed E-state index contributed by atoms with van der Waals surface area (Å²) in [5, 5.41) is 8.63. The molecule has 0 radical (unpaired) electrons. The maximum atomic E-state index is 5.89. The summed E-state index contributed by atoms with van der Waals surface area (Å²) < 4.78 is 0. The monoisotopic (exact) mass is 357 g/mol. The van der Waals surface area contributed by atoms with E-state index in [1.54, 1.807) is 6.21 Å². The molecule has 0 fully saturated rings. The van der Waals surface area contributed by atoms with E-state index in [0.717, 1.165) is 17.1 Å². The summed E-state index contributed by atoms with van der Waals surface area (Å²) in [6.07, 6.45) is 4.21. The molecule has 5 heteroatoms. The maximum Gasteiger partial charge on any atom is 0.180 e. The van der Waals surface area contributed by atoms with Crippen molar-refractivity contribution in [1.29, 1.82) is 0 Å².